The van der Waals surface area contributed by atoms with Crippen LogP contribution in [0, 0.1) is 6.92 Å². The van der Waals surface area contributed by atoms with Crippen molar-refractivity contribution in [2.75, 3.05) is 13.7 Å². The summed E-state index contributed by atoms with van der Waals surface area (Å²) >= 11 is 1.48. The number of ether oxygens (including phenoxy) is 2. The third-order valence-electron chi connectivity index (χ3n) is 4.62. The summed E-state index contributed by atoms with van der Waals surface area (Å²) in [5.41, 5.74) is 2.57. The van der Waals surface area contributed by atoms with E-state index in [2.05, 4.69) is 10.6 Å². The van der Waals surface area contributed by atoms with Gasteiger partial charge in [0.05, 0.1) is 13.7 Å². The normalized spacial score (nSPS) is 11.0. The van der Waals surface area contributed by atoms with E-state index in [4.69, 9.17) is 9.47 Å². The molecule has 0 saturated heterocycles. The molecule has 0 saturated carbocycles. The monoisotopic (exact) mass is 450 g/mol. The zero-order valence-electron chi connectivity index (χ0n) is 18.3. The van der Waals surface area contributed by atoms with Gasteiger partial charge in [-0.05, 0) is 61.2 Å². The summed E-state index contributed by atoms with van der Waals surface area (Å²) in [7, 11) is 1.58. The molecule has 7 heteroatoms. The minimum Gasteiger partial charge on any atom is -0.493 e. The van der Waals surface area contributed by atoms with Crippen molar-refractivity contribution in [3.63, 3.8) is 0 Å². The number of carbonyl (C=O) groups excluding carboxylic acids is 2. The molecule has 32 heavy (non-hydrogen) atoms. The number of rotatable bonds is 9. The van der Waals surface area contributed by atoms with Crippen LogP contribution in [-0.4, -0.2) is 25.5 Å². The van der Waals surface area contributed by atoms with Crippen LogP contribution < -0.4 is 20.1 Å². The van der Waals surface area contributed by atoms with Gasteiger partial charge < -0.3 is 20.1 Å². The second-order valence-electron chi connectivity index (χ2n) is 6.99. The van der Waals surface area contributed by atoms with E-state index in [1.54, 1.807) is 31.4 Å². The van der Waals surface area contributed by atoms with Gasteiger partial charge in [0.15, 0.2) is 11.5 Å². The number of benzene rings is 2. The summed E-state index contributed by atoms with van der Waals surface area (Å²) < 4.78 is 10.9. The van der Waals surface area contributed by atoms with Crippen molar-refractivity contribution in [2.24, 2.45) is 0 Å². The maximum atomic E-state index is 13.0. The molecule has 0 aliphatic heterocycles. The molecule has 0 radical (unpaired) electrons. The first kappa shape index (κ1) is 23.1. The molecule has 0 aliphatic carbocycles. The first-order valence-corrected chi connectivity index (χ1v) is 11.1. The smallest absolute Gasteiger partial charge is 0.268 e. The van der Waals surface area contributed by atoms with Crippen LogP contribution in [0.4, 0.5) is 0 Å². The number of hydrogen-bond acceptors (Lipinski definition) is 5. The number of thiophene rings is 1. The van der Waals surface area contributed by atoms with Crippen LogP contribution in [0.3, 0.4) is 0 Å². The number of amides is 2. The van der Waals surface area contributed by atoms with E-state index in [1.807, 2.05) is 55.6 Å². The highest BCUT2D eigenvalue weighted by molar-refractivity contribution is 7.10. The molecule has 0 spiro atoms. The molecule has 0 unspecified atom stereocenters. The van der Waals surface area contributed by atoms with E-state index in [0.29, 0.717) is 23.7 Å². The molecular formula is C25H26N2O4S. The summed E-state index contributed by atoms with van der Waals surface area (Å²) in [4.78, 5) is 26.5. The van der Waals surface area contributed by atoms with Crippen molar-refractivity contribution < 1.29 is 19.1 Å². The lowest BCUT2D eigenvalue weighted by molar-refractivity contribution is -0.117. The van der Waals surface area contributed by atoms with Gasteiger partial charge in [-0.3, -0.25) is 9.59 Å². The zero-order chi connectivity index (χ0) is 22.9. The van der Waals surface area contributed by atoms with Crippen molar-refractivity contribution >= 4 is 29.2 Å². The Hall–Kier alpha value is -3.58. The minimum absolute atomic E-state index is 0.177. The number of aryl methyl sites for hydroxylation is 1. The number of methoxy groups -OCH3 is 1. The molecule has 0 fully saturated rings. The van der Waals surface area contributed by atoms with Gasteiger partial charge in [-0.25, -0.2) is 0 Å². The summed E-state index contributed by atoms with van der Waals surface area (Å²) in [6, 6.07) is 16.4. The van der Waals surface area contributed by atoms with Gasteiger partial charge >= 0.3 is 0 Å². The maximum absolute atomic E-state index is 13.0. The Morgan fingerprint density at radius 3 is 2.50 bits per heavy atom. The van der Waals surface area contributed by atoms with E-state index >= 15 is 0 Å². The Morgan fingerprint density at radius 1 is 1.06 bits per heavy atom. The highest BCUT2D eigenvalue weighted by Crippen LogP contribution is 2.28. The quantitative estimate of drug-likeness (QED) is 0.469. The predicted octanol–water partition coefficient (Wildman–Crippen LogP) is 4.55. The molecule has 3 aromatic rings. The summed E-state index contributed by atoms with van der Waals surface area (Å²) in [5, 5.41) is 7.53. The van der Waals surface area contributed by atoms with E-state index in [9.17, 15) is 9.59 Å². The Kier molecular flexibility index (Phi) is 8.05. The molecule has 0 aliphatic rings. The third kappa shape index (κ3) is 6.21. The third-order valence-corrected chi connectivity index (χ3v) is 5.44. The Labute approximate surface area is 191 Å². The van der Waals surface area contributed by atoms with Crippen molar-refractivity contribution in [2.45, 2.75) is 20.4 Å². The summed E-state index contributed by atoms with van der Waals surface area (Å²) in [5.74, 6) is 0.521. The van der Waals surface area contributed by atoms with Crippen LogP contribution in [0.2, 0.25) is 0 Å². The molecule has 2 aromatic carbocycles. The second kappa shape index (κ2) is 11.2. The van der Waals surface area contributed by atoms with Gasteiger partial charge in [-0.15, -0.1) is 11.3 Å². The first-order valence-electron chi connectivity index (χ1n) is 10.2. The highest BCUT2D eigenvalue weighted by Gasteiger charge is 2.15. The number of carbonyl (C=O) groups is 2. The molecule has 0 atom stereocenters. The lowest BCUT2D eigenvalue weighted by Gasteiger charge is -2.13. The zero-order valence-corrected chi connectivity index (χ0v) is 19.1. The Balaban J connectivity index is 1.75. The first-order chi connectivity index (χ1) is 15.5. The van der Waals surface area contributed by atoms with Crippen LogP contribution in [0.1, 0.15) is 33.3 Å². The molecular weight excluding hydrogens is 424 g/mol. The lowest BCUT2D eigenvalue weighted by atomic mass is 10.1. The Bertz CT molecular complexity index is 1090. The van der Waals surface area contributed by atoms with Crippen LogP contribution in [0.25, 0.3) is 6.08 Å². The van der Waals surface area contributed by atoms with Gasteiger partial charge in [0.1, 0.15) is 5.70 Å². The fourth-order valence-electron chi connectivity index (χ4n) is 2.95. The van der Waals surface area contributed by atoms with E-state index in [-0.39, 0.29) is 24.1 Å². The van der Waals surface area contributed by atoms with Crippen LogP contribution in [0.15, 0.2) is 65.7 Å². The summed E-state index contributed by atoms with van der Waals surface area (Å²) in [6.07, 6.45) is 1.67. The van der Waals surface area contributed by atoms with E-state index in [0.717, 1.165) is 16.0 Å². The van der Waals surface area contributed by atoms with Gasteiger partial charge in [-0.1, -0.05) is 29.8 Å². The summed E-state index contributed by atoms with van der Waals surface area (Å²) in [6.45, 7) is 4.62. The largest absolute Gasteiger partial charge is 0.493 e. The fourth-order valence-corrected chi connectivity index (χ4v) is 3.61. The van der Waals surface area contributed by atoms with Gasteiger partial charge in [0.25, 0.3) is 11.8 Å². The number of nitrogens with one attached hydrogen (secondary N) is 2. The van der Waals surface area contributed by atoms with Gasteiger partial charge in [0, 0.05) is 17.0 Å². The van der Waals surface area contributed by atoms with Crippen molar-refractivity contribution in [3.8, 4) is 11.5 Å². The Morgan fingerprint density at radius 2 is 1.84 bits per heavy atom. The van der Waals surface area contributed by atoms with Crippen molar-refractivity contribution in [1.82, 2.24) is 10.6 Å². The second-order valence-corrected chi connectivity index (χ2v) is 7.97. The SMILES string of the molecule is CCOc1cc(CNC(=O)/C(=C/c2cccs2)NC(=O)c2ccc(C)cc2)ccc1OC. The maximum Gasteiger partial charge on any atom is 0.268 e. The molecule has 2 N–H and O–H groups in total. The molecule has 2 amide bonds. The molecule has 166 valence electrons. The standard InChI is InChI=1S/C25H26N2O4S/c1-4-31-23-14-18(9-12-22(23)30-3)16-26-25(29)21(15-20-6-5-13-32-20)27-24(28)19-10-7-17(2)8-11-19/h5-15H,4,16H2,1-3H3,(H,26,29)(H,27,28)/b21-15-. The molecule has 1 aromatic heterocycles. The molecule has 1 heterocycles. The average Bonchev–Trinajstić information content (AvgIpc) is 3.31. The van der Waals surface area contributed by atoms with Gasteiger partial charge in [-0.2, -0.15) is 0 Å². The topological polar surface area (TPSA) is 76.7 Å². The van der Waals surface area contributed by atoms with Crippen molar-refractivity contribution in [1.29, 1.82) is 0 Å². The average molecular weight is 451 g/mol. The lowest BCUT2D eigenvalue weighted by Crippen LogP contribution is -2.34. The molecule has 0 bridgehead atoms. The molecule has 6 nitrogen and oxygen atoms in total. The predicted molar refractivity (Wildman–Crippen MR) is 127 cm³/mol. The van der Waals surface area contributed by atoms with E-state index in [1.165, 1.54) is 11.3 Å². The highest BCUT2D eigenvalue weighted by atomic mass is 32.1. The van der Waals surface area contributed by atoms with Crippen LogP contribution >= 0.6 is 11.3 Å². The van der Waals surface area contributed by atoms with Crippen molar-refractivity contribution in [3.05, 3.63) is 87.2 Å². The van der Waals surface area contributed by atoms with Crippen LogP contribution in [-0.2, 0) is 11.3 Å². The molecule has 3 rings (SSSR count). The van der Waals surface area contributed by atoms with Gasteiger partial charge in [0.2, 0.25) is 0 Å². The minimum atomic E-state index is -0.382. The number of hydrogen-bond donors (Lipinski definition) is 2. The van der Waals surface area contributed by atoms with Crippen LogP contribution in [0.5, 0.6) is 11.5 Å². The fraction of sp³-hybridized carbons (Fsp3) is 0.200. The van der Waals surface area contributed by atoms with E-state index < -0.39 is 0 Å².